The number of hydrazone groups is 1. The summed E-state index contributed by atoms with van der Waals surface area (Å²) >= 11 is 0. The minimum absolute atomic E-state index is 0.0310. The summed E-state index contributed by atoms with van der Waals surface area (Å²) in [6.45, 7) is 1.06. The van der Waals surface area contributed by atoms with Gasteiger partial charge in [0.15, 0.2) is 11.5 Å². The normalized spacial score (nSPS) is 13.1. The second-order valence-electron chi connectivity index (χ2n) is 4.65. The predicted octanol–water partition coefficient (Wildman–Crippen LogP) is 1.93. The molecule has 22 heavy (non-hydrogen) atoms. The predicted molar refractivity (Wildman–Crippen MR) is 80.6 cm³/mol. The number of rotatable bonds is 3. The van der Waals surface area contributed by atoms with Crippen molar-refractivity contribution in [2.24, 2.45) is 5.10 Å². The zero-order chi connectivity index (χ0) is 15.4. The summed E-state index contributed by atoms with van der Waals surface area (Å²) in [7, 11) is 0. The van der Waals surface area contributed by atoms with E-state index in [4.69, 9.17) is 9.47 Å². The van der Waals surface area contributed by atoms with Gasteiger partial charge in [0.2, 0.25) is 0 Å². The molecular formula is C16H14N2O4. The Kier molecular flexibility index (Phi) is 3.91. The molecule has 1 heterocycles. The summed E-state index contributed by atoms with van der Waals surface area (Å²) in [5.74, 6) is 0.995. The first-order valence-electron chi connectivity index (χ1n) is 6.74. The molecule has 0 fully saturated rings. The van der Waals surface area contributed by atoms with E-state index in [0.717, 1.165) is 5.56 Å². The highest BCUT2D eigenvalue weighted by Gasteiger charge is 2.11. The molecule has 1 aliphatic rings. The fraction of sp³-hybridized carbons (Fsp3) is 0.125. The van der Waals surface area contributed by atoms with Gasteiger partial charge in [-0.15, -0.1) is 0 Å². The standard InChI is InChI=1S/C16H14N2O4/c19-13-3-1-2-12(9-13)16(20)18-17-10-11-4-5-14-15(8-11)22-7-6-21-14/h1-5,8-10,19H,6-7H2,(H,18,20)/b17-10-. The number of hydrogen-bond donors (Lipinski definition) is 2. The summed E-state index contributed by atoms with van der Waals surface area (Å²) < 4.78 is 10.9. The van der Waals surface area contributed by atoms with Crippen molar-refractivity contribution >= 4 is 12.1 Å². The van der Waals surface area contributed by atoms with E-state index in [1.54, 1.807) is 24.3 Å². The number of carbonyl (C=O) groups is 1. The van der Waals surface area contributed by atoms with Crippen molar-refractivity contribution in [2.75, 3.05) is 13.2 Å². The molecule has 112 valence electrons. The van der Waals surface area contributed by atoms with Crippen LogP contribution in [0.1, 0.15) is 15.9 Å². The lowest BCUT2D eigenvalue weighted by molar-refractivity contribution is 0.0954. The molecule has 0 atom stereocenters. The third-order valence-electron chi connectivity index (χ3n) is 3.05. The van der Waals surface area contributed by atoms with Crippen LogP contribution in [-0.2, 0) is 0 Å². The van der Waals surface area contributed by atoms with Crippen LogP contribution < -0.4 is 14.9 Å². The fourth-order valence-electron chi connectivity index (χ4n) is 2.02. The average Bonchev–Trinajstić information content (AvgIpc) is 2.54. The summed E-state index contributed by atoms with van der Waals surface area (Å²) in [6, 6.07) is 11.5. The Balaban J connectivity index is 1.66. The first kappa shape index (κ1) is 13.9. The van der Waals surface area contributed by atoms with E-state index in [1.807, 2.05) is 6.07 Å². The van der Waals surface area contributed by atoms with E-state index in [-0.39, 0.29) is 5.75 Å². The number of nitrogens with one attached hydrogen (secondary N) is 1. The molecule has 0 aliphatic carbocycles. The highest BCUT2D eigenvalue weighted by molar-refractivity contribution is 5.95. The third kappa shape index (κ3) is 3.17. The number of phenolic OH excluding ortho intramolecular Hbond substituents is 1. The molecular weight excluding hydrogens is 284 g/mol. The minimum Gasteiger partial charge on any atom is -0.508 e. The van der Waals surface area contributed by atoms with Crippen LogP contribution >= 0.6 is 0 Å². The van der Waals surface area contributed by atoms with Crippen LogP contribution in [0.5, 0.6) is 17.2 Å². The molecule has 1 aliphatic heterocycles. The lowest BCUT2D eigenvalue weighted by atomic mass is 10.2. The fourth-order valence-corrected chi connectivity index (χ4v) is 2.02. The molecule has 6 heteroatoms. The van der Waals surface area contributed by atoms with Gasteiger partial charge in [0, 0.05) is 5.56 Å². The van der Waals surface area contributed by atoms with Crippen LogP contribution in [0.15, 0.2) is 47.6 Å². The second-order valence-corrected chi connectivity index (χ2v) is 4.65. The molecule has 1 amide bonds. The Labute approximate surface area is 127 Å². The molecule has 0 unspecified atom stereocenters. The van der Waals surface area contributed by atoms with Gasteiger partial charge in [0.1, 0.15) is 19.0 Å². The molecule has 0 spiro atoms. The minimum atomic E-state index is -0.398. The SMILES string of the molecule is O=C(N/N=C\c1ccc2c(c1)OCCO2)c1cccc(O)c1. The Morgan fingerprint density at radius 2 is 1.95 bits per heavy atom. The maximum Gasteiger partial charge on any atom is 0.271 e. The Morgan fingerprint density at radius 3 is 2.77 bits per heavy atom. The number of benzene rings is 2. The van der Waals surface area contributed by atoms with Gasteiger partial charge in [0.25, 0.3) is 5.91 Å². The number of amides is 1. The molecule has 2 aromatic carbocycles. The van der Waals surface area contributed by atoms with Crippen LogP contribution in [0.2, 0.25) is 0 Å². The van der Waals surface area contributed by atoms with Crippen LogP contribution in [0.4, 0.5) is 0 Å². The van der Waals surface area contributed by atoms with Gasteiger partial charge < -0.3 is 14.6 Å². The molecule has 6 nitrogen and oxygen atoms in total. The number of aromatic hydroxyl groups is 1. The highest BCUT2D eigenvalue weighted by atomic mass is 16.6. The Hall–Kier alpha value is -3.02. The molecule has 0 aromatic heterocycles. The zero-order valence-corrected chi connectivity index (χ0v) is 11.7. The van der Waals surface area contributed by atoms with Crippen molar-refractivity contribution in [2.45, 2.75) is 0 Å². The first-order chi connectivity index (χ1) is 10.7. The smallest absolute Gasteiger partial charge is 0.271 e. The number of carbonyl (C=O) groups excluding carboxylic acids is 1. The summed E-state index contributed by atoms with van der Waals surface area (Å²) in [4.78, 5) is 11.8. The maximum absolute atomic E-state index is 11.8. The van der Waals surface area contributed by atoms with E-state index < -0.39 is 5.91 Å². The number of fused-ring (bicyclic) bond motifs is 1. The lowest BCUT2D eigenvalue weighted by Gasteiger charge is -2.18. The van der Waals surface area contributed by atoms with Gasteiger partial charge in [-0.1, -0.05) is 6.07 Å². The van der Waals surface area contributed by atoms with Crippen molar-refractivity contribution in [1.82, 2.24) is 5.43 Å². The van der Waals surface area contributed by atoms with Gasteiger partial charge >= 0.3 is 0 Å². The van der Waals surface area contributed by atoms with Crippen molar-refractivity contribution in [3.63, 3.8) is 0 Å². The molecule has 3 rings (SSSR count). The van der Waals surface area contributed by atoms with Crippen molar-refractivity contribution in [3.8, 4) is 17.2 Å². The van der Waals surface area contributed by atoms with Gasteiger partial charge in [-0.05, 0) is 42.0 Å². The molecule has 0 saturated heterocycles. The van der Waals surface area contributed by atoms with Crippen LogP contribution in [-0.4, -0.2) is 30.4 Å². The number of nitrogens with zero attached hydrogens (tertiary/aromatic N) is 1. The maximum atomic E-state index is 11.8. The first-order valence-corrected chi connectivity index (χ1v) is 6.74. The van der Waals surface area contributed by atoms with Gasteiger partial charge in [-0.25, -0.2) is 5.43 Å². The monoisotopic (exact) mass is 298 g/mol. The van der Waals surface area contributed by atoms with Crippen molar-refractivity contribution in [1.29, 1.82) is 0 Å². The largest absolute Gasteiger partial charge is 0.508 e. The topological polar surface area (TPSA) is 80.2 Å². The Bertz CT molecular complexity index is 728. The average molecular weight is 298 g/mol. The van der Waals surface area contributed by atoms with E-state index in [9.17, 15) is 9.90 Å². The highest BCUT2D eigenvalue weighted by Crippen LogP contribution is 2.30. The number of ether oxygens (including phenoxy) is 2. The van der Waals surface area contributed by atoms with Crippen LogP contribution in [0.3, 0.4) is 0 Å². The van der Waals surface area contributed by atoms with Crippen molar-refractivity contribution < 1.29 is 19.4 Å². The second kappa shape index (κ2) is 6.17. The molecule has 2 aromatic rings. The van der Waals surface area contributed by atoms with Gasteiger partial charge in [-0.3, -0.25) is 4.79 Å². The number of hydrogen-bond acceptors (Lipinski definition) is 5. The van der Waals surface area contributed by atoms with Gasteiger partial charge in [0.05, 0.1) is 6.21 Å². The van der Waals surface area contributed by atoms with E-state index >= 15 is 0 Å². The van der Waals surface area contributed by atoms with Crippen LogP contribution in [0.25, 0.3) is 0 Å². The summed E-state index contributed by atoms with van der Waals surface area (Å²) in [5, 5.41) is 13.2. The Morgan fingerprint density at radius 1 is 1.14 bits per heavy atom. The zero-order valence-electron chi connectivity index (χ0n) is 11.7. The molecule has 0 bridgehead atoms. The van der Waals surface area contributed by atoms with Crippen LogP contribution in [0, 0.1) is 0 Å². The van der Waals surface area contributed by atoms with E-state index in [2.05, 4.69) is 10.5 Å². The van der Waals surface area contributed by atoms with Crippen molar-refractivity contribution in [3.05, 3.63) is 53.6 Å². The molecule has 2 N–H and O–H groups in total. The summed E-state index contributed by atoms with van der Waals surface area (Å²) in [6.07, 6.45) is 1.51. The van der Waals surface area contributed by atoms with E-state index in [1.165, 1.54) is 18.3 Å². The lowest BCUT2D eigenvalue weighted by Crippen LogP contribution is -2.17. The molecule has 0 saturated carbocycles. The quantitative estimate of drug-likeness (QED) is 0.670. The third-order valence-corrected chi connectivity index (χ3v) is 3.05. The summed E-state index contributed by atoms with van der Waals surface area (Å²) in [5.41, 5.74) is 3.51. The van der Waals surface area contributed by atoms with E-state index in [0.29, 0.717) is 30.3 Å². The molecule has 0 radical (unpaired) electrons. The van der Waals surface area contributed by atoms with Gasteiger partial charge in [-0.2, -0.15) is 5.10 Å². The number of phenols is 1.